The summed E-state index contributed by atoms with van der Waals surface area (Å²) in [5.41, 5.74) is 1.99. The first-order valence-electron chi connectivity index (χ1n) is 5.98. The highest BCUT2D eigenvalue weighted by Gasteiger charge is 2.26. The molecular weight excluding hydrogens is 240 g/mol. The predicted molar refractivity (Wildman–Crippen MR) is 75.5 cm³/mol. The third kappa shape index (κ3) is 2.94. The normalized spacial score (nSPS) is 19.1. The van der Waals surface area contributed by atoms with Crippen molar-refractivity contribution in [2.45, 2.75) is 0 Å². The van der Waals surface area contributed by atoms with E-state index in [-0.39, 0.29) is 0 Å². The van der Waals surface area contributed by atoms with Gasteiger partial charge < -0.3 is 9.47 Å². The van der Waals surface area contributed by atoms with Crippen LogP contribution < -0.4 is 0 Å². The van der Waals surface area contributed by atoms with Gasteiger partial charge in [0, 0.05) is 6.08 Å². The van der Waals surface area contributed by atoms with Crippen molar-refractivity contribution in [2.75, 3.05) is 21.3 Å². The molecule has 0 saturated carbocycles. The van der Waals surface area contributed by atoms with Gasteiger partial charge in [0.05, 0.1) is 20.3 Å². The van der Waals surface area contributed by atoms with Gasteiger partial charge >= 0.3 is 5.78 Å². The fourth-order valence-electron chi connectivity index (χ4n) is 1.89. The Kier molecular flexibility index (Phi) is 4.18. The maximum Gasteiger partial charge on any atom is 0.357 e. The lowest BCUT2D eigenvalue weighted by Gasteiger charge is -2.12. The van der Waals surface area contributed by atoms with Crippen LogP contribution in [0, 0.1) is 0 Å². The largest absolute Gasteiger partial charge is 0.496 e. The van der Waals surface area contributed by atoms with Crippen LogP contribution in [0.3, 0.4) is 0 Å². The van der Waals surface area contributed by atoms with Gasteiger partial charge in [-0.3, -0.25) is 4.42 Å². The van der Waals surface area contributed by atoms with Crippen LogP contribution in [0.25, 0.3) is 6.08 Å². The van der Waals surface area contributed by atoms with Crippen molar-refractivity contribution in [3.8, 4) is 0 Å². The second-order valence-electron chi connectivity index (χ2n) is 4.00. The van der Waals surface area contributed by atoms with E-state index in [1.165, 1.54) is 0 Å². The molecule has 0 fully saturated rings. The van der Waals surface area contributed by atoms with Gasteiger partial charge in [0.1, 0.15) is 17.1 Å². The van der Waals surface area contributed by atoms with Gasteiger partial charge in [0.15, 0.2) is 0 Å². The number of ketones is 1. The monoisotopic (exact) mass is 257 g/mol. The molecule has 1 aliphatic rings. The molecule has 0 amide bonds. The van der Waals surface area contributed by atoms with Crippen LogP contribution in [0.1, 0.15) is 5.56 Å². The Morgan fingerprint density at radius 2 is 1.74 bits per heavy atom. The quantitative estimate of drug-likeness (QED) is 0.615. The van der Waals surface area contributed by atoms with Crippen LogP contribution in [-0.4, -0.2) is 27.1 Å². The van der Waals surface area contributed by atoms with E-state index in [0.29, 0.717) is 5.76 Å². The van der Waals surface area contributed by atoms with Crippen LogP contribution in [-0.2, 0) is 13.9 Å². The second kappa shape index (κ2) is 6.05. The summed E-state index contributed by atoms with van der Waals surface area (Å²) in [4.78, 5) is 0. The second-order valence-corrected chi connectivity index (χ2v) is 4.00. The Bertz CT molecular complexity index is 563. The molecule has 3 heteroatoms. The molecule has 98 valence electrons. The zero-order chi connectivity index (χ0) is 13.7. The summed E-state index contributed by atoms with van der Waals surface area (Å²) < 4.78 is 16.1. The Labute approximate surface area is 113 Å². The van der Waals surface area contributed by atoms with Crippen molar-refractivity contribution in [2.24, 2.45) is 0 Å². The predicted octanol–water partition coefficient (Wildman–Crippen LogP) is 2.88. The van der Waals surface area contributed by atoms with Gasteiger partial charge in [-0.05, 0) is 11.6 Å². The lowest BCUT2D eigenvalue weighted by Crippen LogP contribution is -2.12. The van der Waals surface area contributed by atoms with Crippen LogP contribution in [0.2, 0.25) is 0 Å². The van der Waals surface area contributed by atoms with E-state index in [2.05, 4.69) is 0 Å². The highest BCUT2D eigenvalue weighted by Crippen LogP contribution is 2.24. The summed E-state index contributed by atoms with van der Waals surface area (Å²) in [7, 11) is 4.89. The molecule has 1 aromatic rings. The molecule has 0 aromatic heterocycles. The van der Waals surface area contributed by atoms with E-state index in [1.807, 2.05) is 48.6 Å². The number of rotatable bonds is 3. The number of carbonyl (C=O) groups excluding carboxylic acids is 1. The first kappa shape index (κ1) is 13.1. The van der Waals surface area contributed by atoms with Crippen molar-refractivity contribution >= 4 is 11.9 Å². The van der Waals surface area contributed by atoms with Crippen LogP contribution >= 0.6 is 0 Å². The van der Waals surface area contributed by atoms with Crippen LogP contribution in [0.4, 0.5) is 0 Å². The summed E-state index contributed by atoms with van der Waals surface area (Å²) in [6, 6.07) is 10.0. The minimum absolute atomic E-state index is 0.707. The molecule has 3 nitrogen and oxygen atoms in total. The summed E-state index contributed by atoms with van der Waals surface area (Å²) in [5, 5.41) is 0. The zero-order valence-corrected chi connectivity index (χ0v) is 11.3. The molecule has 2 rings (SSSR count). The number of hydrogen-bond donors (Lipinski definition) is 0. The molecule has 0 N–H and O–H groups in total. The van der Waals surface area contributed by atoms with Crippen molar-refractivity contribution in [3.05, 3.63) is 65.1 Å². The molecule has 0 bridgehead atoms. The fourth-order valence-corrected chi connectivity index (χ4v) is 1.89. The van der Waals surface area contributed by atoms with Crippen molar-refractivity contribution in [1.82, 2.24) is 0 Å². The van der Waals surface area contributed by atoms with Gasteiger partial charge in [-0.1, -0.05) is 30.3 Å². The molecule has 0 unspecified atom stereocenters. The highest BCUT2D eigenvalue weighted by atomic mass is 16.5. The minimum Gasteiger partial charge on any atom is -0.496 e. The maximum absolute atomic E-state index is 5.41. The Morgan fingerprint density at radius 1 is 1.00 bits per heavy atom. The number of ether oxygens (including phenoxy) is 2. The summed E-state index contributed by atoms with van der Waals surface area (Å²) in [6.45, 7) is 0. The SMILES string of the molecule is COC1=CC(=[O+]C)/C(=C/c2ccccc2)C(OC)=C1. The Morgan fingerprint density at radius 3 is 2.32 bits per heavy atom. The Balaban J connectivity index is 2.47. The molecule has 19 heavy (non-hydrogen) atoms. The van der Waals surface area contributed by atoms with Crippen molar-refractivity contribution < 1.29 is 13.9 Å². The van der Waals surface area contributed by atoms with E-state index in [4.69, 9.17) is 13.9 Å². The summed E-state index contributed by atoms with van der Waals surface area (Å²) >= 11 is 0. The molecule has 0 saturated heterocycles. The summed E-state index contributed by atoms with van der Waals surface area (Å²) in [5.74, 6) is 2.15. The molecular formula is C16H17O3+. The molecule has 0 heterocycles. The average Bonchev–Trinajstić information content (AvgIpc) is 2.48. The molecule has 1 aliphatic carbocycles. The Hall–Kier alpha value is -2.29. The van der Waals surface area contributed by atoms with Gasteiger partial charge in [-0.25, -0.2) is 0 Å². The minimum atomic E-state index is 0.707. The number of allylic oxidation sites excluding steroid dienone is 3. The van der Waals surface area contributed by atoms with E-state index < -0.39 is 0 Å². The maximum atomic E-state index is 5.41. The van der Waals surface area contributed by atoms with E-state index in [1.54, 1.807) is 21.3 Å². The van der Waals surface area contributed by atoms with E-state index in [0.717, 1.165) is 22.7 Å². The number of methoxy groups -OCH3 is 2. The first-order chi connectivity index (χ1) is 9.28. The molecule has 0 spiro atoms. The van der Waals surface area contributed by atoms with E-state index in [9.17, 15) is 0 Å². The van der Waals surface area contributed by atoms with Gasteiger partial charge in [-0.2, -0.15) is 0 Å². The van der Waals surface area contributed by atoms with Gasteiger partial charge in [-0.15, -0.1) is 0 Å². The molecule has 0 atom stereocenters. The lowest BCUT2D eigenvalue weighted by molar-refractivity contribution is -0.418. The fraction of sp³-hybridized carbons (Fsp3) is 0.188. The highest BCUT2D eigenvalue weighted by molar-refractivity contribution is 6.12. The third-order valence-corrected chi connectivity index (χ3v) is 2.86. The van der Waals surface area contributed by atoms with Crippen LogP contribution in [0.15, 0.2) is 59.6 Å². The first-order valence-corrected chi connectivity index (χ1v) is 5.98. The standard InChI is InChI=1S/C16H17O3/c1-17-13-10-15(18-2)14(16(11-13)19-3)9-12-7-5-4-6-8-12/h4-11H,1-3H3/q+1. The average molecular weight is 257 g/mol. The van der Waals surface area contributed by atoms with Gasteiger partial charge in [0.2, 0.25) is 0 Å². The lowest BCUT2D eigenvalue weighted by atomic mass is 10.00. The van der Waals surface area contributed by atoms with Crippen LogP contribution in [0.5, 0.6) is 0 Å². The van der Waals surface area contributed by atoms with Crippen molar-refractivity contribution in [3.63, 3.8) is 0 Å². The zero-order valence-electron chi connectivity index (χ0n) is 11.3. The molecule has 1 aromatic carbocycles. The third-order valence-electron chi connectivity index (χ3n) is 2.86. The smallest absolute Gasteiger partial charge is 0.357 e. The topological polar surface area (TPSA) is 29.8 Å². The number of benzene rings is 1. The van der Waals surface area contributed by atoms with E-state index >= 15 is 0 Å². The molecule has 0 aliphatic heterocycles. The van der Waals surface area contributed by atoms with Gasteiger partial charge in [0.25, 0.3) is 7.11 Å². The molecule has 0 radical (unpaired) electrons. The summed E-state index contributed by atoms with van der Waals surface area (Å²) in [6.07, 6.45) is 5.71. The number of hydrogen-bond acceptors (Lipinski definition) is 2. The van der Waals surface area contributed by atoms with Crippen molar-refractivity contribution in [1.29, 1.82) is 0 Å².